The Bertz CT molecular complexity index is 283. The monoisotopic (exact) mass is 220 g/mol. The highest BCUT2D eigenvalue weighted by atomic mass is 28.3. The Morgan fingerprint density at radius 2 is 1.73 bits per heavy atom. The third-order valence-electron chi connectivity index (χ3n) is 3.18. The van der Waals surface area contributed by atoms with Crippen molar-refractivity contribution in [3.05, 3.63) is 30.3 Å². The second kappa shape index (κ2) is 5.44. The summed E-state index contributed by atoms with van der Waals surface area (Å²) in [5.74, 6) is 0. The average molecular weight is 220 g/mol. The van der Waals surface area contributed by atoms with Crippen LogP contribution in [0.5, 0.6) is 0 Å². The SMILES string of the molecule is N[SiH](NC1CCCCC1)c1ccccc1. The van der Waals surface area contributed by atoms with Crippen LogP contribution in [0, 0.1) is 0 Å². The molecule has 2 rings (SSSR count). The van der Waals surface area contributed by atoms with E-state index in [-0.39, 0.29) is 0 Å². The number of rotatable bonds is 3. The zero-order valence-corrected chi connectivity index (χ0v) is 10.3. The van der Waals surface area contributed by atoms with Crippen molar-refractivity contribution in [2.24, 2.45) is 5.40 Å². The second-order valence-corrected chi connectivity index (χ2v) is 6.35. The Morgan fingerprint density at radius 1 is 1.07 bits per heavy atom. The van der Waals surface area contributed by atoms with Crippen molar-refractivity contribution < 1.29 is 0 Å². The number of nitrogens with two attached hydrogens (primary N) is 1. The molecule has 0 spiro atoms. The van der Waals surface area contributed by atoms with E-state index in [0.717, 1.165) is 0 Å². The van der Waals surface area contributed by atoms with Crippen molar-refractivity contribution in [1.82, 2.24) is 4.98 Å². The molecule has 15 heavy (non-hydrogen) atoms. The number of nitrogens with one attached hydrogen (secondary N) is 1. The maximum Gasteiger partial charge on any atom is 0.215 e. The van der Waals surface area contributed by atoms with Crippen molar-refractivity contribution >= 4 is 14.3 Å². The highest BCUT2D eigenvalue weighted by molar-refractivity contribution is 6.67. The molecule has 1 saturated carbocycles. The Hall–Kier alpha value is -0.643. The van der Waals surface area contributed by atoms with Crippen molar-refractivity contribution in [3.63, 3.8) is 0 Å². The summed E-state index contributed by atoms with van der Waals surface area (Å²) in [5.41, 5.74) is 0. The first kappa shape index (κ1) is 10.9. The molecule has 1 aromatic carbocycles. The van der Waals surface area contributed by atoms with Gasteiger partial charge in [0.2, 0.25) is 9.12 Å². The summed E-state index contributed by atoms with van der Waals surface area (Å²) < 4.78 is 0. The summed E-state index contributed by atoms with van der Waals surface area (Å²) in [6, 6.07) is 11.2. The van der Waals surface area contributed by atoms with Crippen LogP contribution in [-0.4, -0.2) is 15.2 Å². The number of hydrogen-bond acceptors (Lipinski definition) is 2. The lowest BCUT2D eigenvalue weighted by atomic mass is 9.96. The van der Waals surface area contributed by atoms with Crippen LogP contribution < -0.4 is 15.6 Å². The molecule has 0 aromatic heterocycles. The fraction of sp³-hybridized carbons (Fsp3) is 0.500. The molecule has 1 unspecified atom stereocenters. The van der Waals surface area contributed by atoms with Crippen LogP contribution in [0.1, 0.15) is 32.1 Å². The molecule has 1 aliphatic rings. The first-order valence-electron chi connectivity index (χ1n) is 5.93. The van der Waals surface area contributed by atoms with E-state index in [1.165, 1.54) is 37.3 Å². The molecule has 0 amide bonds. The van der Waals surface area contributed by atoms with Gasteiger partial charge in [0.25, 0.3) is 0 Å². The normalized spacial score (nSPS) is 20.1. The van der Waals surface area contributed by atoms with Crippen LogP contribution in [0.2, 0.25) is 0 Å². The molecule has 0 saturated heterocycles. The van der Waals surface area contributed by atoms with Crippen molar-refractivity contribution in [2.45, 2.75) is 38.1 Å². The van der Waals surface area contributed by atoms with Crippen LogP contribution in [0.4, 0.5) is 0 Å². The standard InChI is InChI=1S/C12H20N2Si/c13-15(12-9-5-2-6-10-12)14-11-7-3-1-4-8-11/h2,5-6,9-11,14-15H,1,3-4,7-8,13H2. The van der Waals surface area contributed by atoms with Gasteiger partial charge in [-0.15, -0.1) is 0 Å². The fourth-order valence-electron chi connectivity index (χ4n) is 2.28. The van der Waals surface area contributed by atoms with Crippen LogP contribution in [0.25, 0.3) is 0 Å². The number of benzene rings is 1. The molecule has 1 aromatic rings. The van der Waals surface area contributed by atoms with Crippen LogP contribution >= 0.6 is 0 Å². The fourth-order valence-corrected chi connectivity index (χ4v) is 3.95. The Labute approximate surface area is 93.6 Å². The maximum absolute atomic E-state index is 6.25. The zero-order chi connectivity index (χ0) is 10.5. The van der Waals surface area contributed by atoms with E-state index in [4.69, 9.17) is 5.40 Å². The Morgan fingerprint density at radius 3 is 2.40 bits per heavy atom. The van der Waals surface area contributed by atoms with Gasteiger partial charge in [-0.1, -0.05) is 49.6 Å². The predicted octanol–water partition coefficient (Wildman–Crippen LogP) is 0.995. The van der Waals surface area contributed by atoms with Crippen molar-refractivity contribution in [1.29, 1.82) is 0 Å². The van der Waals surface area contributed by atoms with Gasteiger partial charge in [-0.2, -0.15) is 0 Å². The van der Waals surface area contributed by atoms with Crippen LogP contribution in [0.3, 0.4) is 0 Å². The molecule has 3 N–H and O–H groups in total. The summed E-state index contributed by atoms with van der Waals surface area (Å²) in [6.45, 7) is 0. The highest BCUT2D eigenvalue weighted by Gasteiger charge is 2.17. The van der Waals surface area contributed by atoms with Gasteiger partial charge in [-0.05, 0) is 18.0 Å². The molecule has 82 valence electrons. The van der Waals surface area contributed by atoms with Gasteiger partial charge in [-0.3, -0.25) is 0 Å². The lowest BCUT2D eigenvalue weighted by Crippen LogP contribution is -2.56. The minimum Gasteiger partial charge on any atom is -0.338 e. The van der Waals surface area contributed by atoms with Gasteiger partial charge in [0, 0.05) is 6.04 Å². The predicted molar refractivity (Wildman–Crippen MR) is 67.4 cm³/mol. The molecule has 2 nitrogen and oxygen atoms in total. The van der Waals surface area contributed by atoms with E-state index in [2.05, 4.69) is 29.2 Å². The van der Waals surface area contributed by atoms with Gasteiger partial charge in [0.15, 0.2) is 0 Å². The van der Waals surface area contributed by atoms with Gasteiger partial charge >= 0.3 is 0 Å². The molecule has 1 atom stereocenters. The minimum atomic E-state index is -1.38. The van der Waals surface area contributed by atoms with Crippen molar-refractivity contribution in [2.75, 3.05) is 0 Å². The lowest BCUT2D eigenvalue weighted by Gasteiger charge is -2.25. The van der Waals surface area contributed by atoms with E-state index in [9.17, 15) is 0 Å². The Kier molecular flexibility index (Phi) is 3.94. The molecule has 0 aliphatic heterocycles. The van der Waals surface area contributed by atoms with E-state index in [1.807, 2.05) is 6.07 Å². The Balaban J connectivity index is 1.88. The van der Waals surface area contributed by atoms with E-state index in [0.29, 0.717) is 6.04 Å². The van der Waals surface area contributed by atoms with E-state index < -0.39 is 9.12 Å². The van der Waals surface area contributed by atoms with Gasteiger partial charge < -0.3 is 10.4 Å². The first-order chi connectivity index (χ1) is 7.36. The third-order valence-corrected chi connectivity index (χ3v) is 5.11. The highest BCUT2D eigenvalue weighted by Crippen LogP contribution is 2.17. The summed E-state index contributed by atoms with van der Waals surface area (Å²) in [5, 5.41) is 7.58. The third kappa shape index (κ3) is 3.16. The molecular weight excluding hydrogens is 200 g/mol. The van der Waals surface area contributed by atoms with Crippen LogP contribution in [0.15, 0.2) is 30.3 Å². The summed E-state index contributed by atoms with van der Waals surface area (Å²) >= 11 is 0. The van der Waals surface area contributed by atoms with Gasteiger partial charge in [0.1, 0.15) is 0 Å². The largest absolute Gasteiger partial charge is 0.338 e. The first-order valence-corrected chi connectivity index (χ1v) is 7.75. The molecule has 3 heteroatoms. The molecule has 0 radical (unpaired) electrons. The van der Waals surface area contributed by atoms with Gasteiger partial charge in [-0.25, -0.2) is 0 Å². The number of hydrogen-bond donors (Lipinski definition) is 2. The second-order valence-electron chi connectivity index (χ2n) is 4.39. The van der Waals surface area contributed by atoms with Crippen LogP contribution in [-0.2, 0) is 0 Å². The molecular formula is C12H20N2Si. The summed E-state index contributed by atoms with van der Waals surface area (Å²) in [6.07, 6.45) is 6.77. The van der Waals surface area contributed by atoms with Crippen molar-refractivity contribution in [3.8, 4) is 0 Å². The molecule has 1 aliphatic carbocycles. The summed E-state index contributed by atoms with van der Waals surface area (Å²) in [4.78, 5) is 3.65. The van der Waals surface area contributed by atoms with Gasteiger partial charge in [0.05, 0.1) is 0 Å². The molecule has 1 fully saturated rings. The van der Waals surface area contributed by atoms with E-state index >= 15 is 0 Å². The smallest absolute Gasteiger partial charge is 0.215 e. The zero-order valence-electron chi connectivity index (χ0n) is 9.15. The molecule has 0 bridgehead atoms. The lowest BCUT2D eigenvalue weighted by molar-refractivity contribution is 0.417. The van der Waals surface area contributed by atoms with E-state index in [1.54, 1.807) is 0 Å². The topological polar surface area (TPSA) is 38.0 Å². The minimum absolute atomic E-state index is 0.681. The molecule has 0 heterocycles. The maximum atomic E-state index is 6.25. The quantitative estimate of drug-likeness (QED) is 0.746. The summed E-state index contributed by atoms with van der Waals surface area (Å²) in [7, 11) is -1.38. The average Bonchev–Trinajstić information content (AvgIpc) is 2.31.